The average molecular weight is 316 g/mol. The van der Waals surface area contributed by atoms with Crippen molar-refractivity contribution in [2.24, 2.45) is 0 Å². The van der Waals surface area contributed by atoms with E-state index in [0.29, 0.717) is 16.6 Å². The number of benzene rings is 2. The molecule has 0 bridgehead atoms. The molecule has 0 aliphatic heterocycles. The zero-order valence-corrected chi connectivity index (χ0v) is 12.6. The minimum Gasteiger partial charge on any atom is -0.323 e. The van der Waals surface area contributed by atoms with Gasteiger partial charge in [-0.2, -0.15) is 5.26 Å². The van der Waals surface area contributed by atoms with Crippen molar-refractivity contribution in [3.63, 3.8) is 0 Å². The van der Waals surface area contributed by atoms with E-state index in [4.69, 9.17) is 28.5 Å². The van der Waals surface area contributed by atoms with E-state index in [2.05, 4.69) is 11.1 Å². The quantitative estimate of drug-likeness (QED) is 0.716. The number of hydrogen-bond acceptors (Lipinski definition) is 2. The van der Waals surface area contributed by atoms with Crippen LogP contribution in [-0.2, 0) is 13.0 Å². The van der Waals surface area contributed by atoms with Gasteiger partial charge < -0.3 is 4.57 Å². The first-order valence-electron chi connectivity index (χ1n) is 6.44. The Labute approximate surface area is 132 Å². The number of imidazole rings is 1. The second-order valence-electron chi connectivity index (χ2n) is 4.67. The predicted molar refractivity (Wildman–Crippen MR) is 84.6 cm³/mol. The lowest BCUT2D eigenvalue weighted by Gasteiger charge is -2.10. The molecule has 0 aliphatic rings. The van der Waals surface area contributed by atoms with E-state index in [0.717, 1.165) is 22.4 Å². The average Bonchev–Trinajstić information content (AvgIpc) is 2.81. The highest BCUT2D eigenvalue weighted by molar-refractivity contribution is 6.33. The molecule has 1 aromatic heterocycles. The van der Waals surface area contributed by atoms with Crippen molar-refractivity contribution in [3.05, 3.63) is 63.9 Å². The highest BCUT2D eigenvalue weighted by atomic mass is 35.5. The van der Waals surface area contributed by atoms with E-state index in [9.17, 15) is 0 Å². The van der Waals surface area contributed by atoms with Crippen LogP contribution in [0.5, 0.6) is 0 Å². The molecule has 0 atom stereocenters. The van der Waals surface area contributed by atoms with Crippen LogP contribution in [0.1, 0.15) is 11.4 Å². The Morgan fingerprint density at radius 1 is 1.14 bits per heavy atom. The van der Waals surface area contributed by atoms with Crippen molar-refractivity contribution in [2.75, 3.05) is 0 Å². The molecule has 3 rings (SSSR count). The molecule has 0 fully saturated rings. The number of nitriles is 1. The van der Waals surface area contributed by atoms with Crippen LogP contribution in [0.3, 0.4) is 0 Å². The maximum atomic E-state index is 8.98. The highest BCUT2D eigenvalue weighted by Gasteiger charge is 2.12. The second kappa shape index (κ2) is 5.77. The monoisotopic (exact) mass is 315 g/mol. The van der Waals surface area contributed by atoms with Gasteiger partial charge in [0.2, 0.25) is 0 Å². The Kier molecular flexibility index (Phi) is 3.83. The van der Waals surface area contributed by atoms with Gasteiger partial charge in [-0.15, -0.1) is 0 Å². The molecule has 1 heterocycles. The summed E-state index contributed by atoms with van der Waals surface area (Å²) in [4.78, 5) is 4.52. The van der Waals surface area contributed by atoms with Crippen molar-refractivity contribution in [1.82, 2.24) is 9.55 Å². The fourth-order valence-corrected chi connectivity index (χ4v) is 2.71. The number of fused-ring (bicyclic) bond motifs is 1. The van der Waals surface area contributed by atoms with Gasteiger partial charge in [-0.3, -0.25) is 0 Å². The molecular weight excluding hydrogens is 305 g/mol. The van der Waals surface area contributed by atoms with Crippen molar-refractivity contribution in [1.29, 1.82) is 5.26 Å². The van der Waals surface area contributed by atoms with Gasteiger partial charge in [0.05, 0.1) is 30.1 Å². The molecule has 104 valence electrons. The van der Waals surface area contributed by atoms with Gasteiger partial charge in [0.15, 0.2) is 0 Å². The van der Waals surface area contributed by atoms with E-state index in [1.54, 1.807) is 12.1 Å². The van der Waals surface area contributed by atoms with Gasteiger partial charge in [0.25, 0.3) is 0 Å². The molecule has 0 unspecified atom stereocenters. The molecule has 0 N–H and O–H groups in total. The molecule has 0 amide bonds. The number of hydrogen-bond donors (Lipinski definition) is 0. The maximum absolute atomic E-state index is 8.98. The topological polar surface area (TPSA) is 41.6 Å². The molecular formula is C16H11Cl2N3. The van der Waals surface area contributed by atoms with Crippen molar-refractivity contribution in [3.8, 4) is 6.07 Å². The normalized spacial score (nSPS) is 10.7. The van der Waals surface area contributed by atoms with Crippen LogP contribution >= 0.6 is 23.2 Å². The van der Waals surface area contributed by atoms with Crippen LogP contribution in [0.2, 0.25) is 10.0 Å². The van der Waals surface area contributed by atoms with Crippen LogP contribution < -0.4 is 0 Å². The van der Waals surface area contributed by atoms with Gasteiger partial charge in [0, 0.05) is 10.0 Å². The Balaban J connectivity index is 2.12. The minimum atomic E-state index is 0.257. The fourth-order valence-electron chi connectivity index (χ4n) is 2.34. The van der Waals surface area contributed by atoms with Crippen LogP contribution in [0.25, 0.3) is 11.0 Å². The summed E-state index contributed by atoms with van der Waals surface area (Å²) in [7, 11) is 0. The standard InChI is InChI=1S/C16H11Cl2N3/c17-12-5-6-13(18)11(9-12)10-21-15-4-2-1-3-14(15)20-16(21)7-8-19/h1-6,9H,7,10H2. The molecule has 3 aromatic rings. The zero-order chi connectivity index (χ0) is 14.8. The lowest BCUT2D eigenvalue weighted by atomic mass is 10.2. The van der Waals surface area contributed by atoms with E-state index < -0.39 is 0 Å². The van der Waals surface area contributed by atoms with E-state index in [1.165, 1.54) is 0 Å². The van der Waals surface area contributed by atoms with Crippen LogP contribution in [0.15, 0.2) is 42.5 Å². The number of rotatable bonds is 3. The lowest BCUT2D eigenvalue weighted by Crippen LogP contribution is -2.05. The minimum absolute atomic E-state index is 0.257. The largest absolute Gasteiger partial charge is 0.323 e. The van der Waals surface area contributed by atoms with Crippen molar-refractivity contribution < 1.29 is 0 Å². The van der Waals surface area contributed by atoms with Crippen LogP contribution in [-0.4, -0.2) is 9.55 Å². The first-order chi connectivity index (χ1) is 10.2. The molecule has 5 heteroatoms. The van der Waals surface area contributed by atoms with Gasteiger partial charge in [0.1, 0.15) is 5.82 Å². The summed E-state index contributed by atoms with van der Waals surface area (Å²) >= 11 is 12.3. The van der Waals surface area contributed by atoms with Crippen molar-refractivity contribution >= 4 is 34.2 Å². The number of para-hydroxylation sites is 2. The van der Waals surface area contributed by atoms with E-state index in [1.807, 2.05) is 34.9 Å². The first-order valence-corrected chi connectivity index (χ1v) is 7.19. The molecule has 0 saturated heterocycles. The van der Waals surface area contributed by atoms with Crippen LogP contribution in [0, 0.1) is 11.3 Å². The molecule has 3 nitrogen and oxygen atoms in total. The molecule has 0 saturated carbocycles. The first kappa shape index (κ1) is 13.9. The van der Waals surface area contributed by atoms with Crippen LogP contribution in [0.4, 0.5) is 0 Å². The van der Waals surface area contributed by atoms with E-state index >= 15 is 0 Å². The fraction of sp³-hybridized carbons (Fsp3) is 0.125. The van der Waals surface area contributed by atoms with Gasteiger partial charge >= 0.3 is 0 Å². The summed E-state index contributed by atoms with van der Waals surface area (Å²) in [6.45, 7) is 0.539. The predicted octanol–water partition coefficient (Wildman–Crippen LogP) is 4.46. The molecule has 0 spiro atoms. The number of halogens is 2. The Morgan fingerprint density at radius 3 is 2.76 bits per heavy atom. The SMILES string of the molecule is N#CCc1nc2ccccc2n1Cc1cc(Cl)ccc1Cl. The Hall–Kier alpha value is -2.02. The highest BCUT2D eigenvalue weighted by Crippen LogP contribution is 2.24. The summed E-state index contributed by atoms with van der Waals surface area (Å²) in [6, 6.07) is 15.3. The summed E-state index contributed by atoms with van der Waals surface area (Å²) in [5.41, 5.74) is 2.77. The summed E-state index contributed by atoms with van der Waals surface area (Å²) < 4.78 is 2.01. The smallest absolute Gasteiger partial charge is 0.124 e. The van der Waals surface area contributed by atoms with E-state index in [-0.39, 0.29) is 6.42 Å². The molecule has 21 heavy (non-hydrogen) atoms. The third-order valence-electron chi connectivity index (χ3n) is 3.31. The van der Waals surface area contributed by atoms with Gasteiger partial charge in [-0.05, 0) is 35.9 Å². The Bertz CT molecular complexity index is 846. The third kappa shape index (κ3) is 2.73. The molecule has 0 aliphatic carbocycles. The molecule has 0 radical (unpaired) electrons. The summed E-state index contributed by atoms with van der Waals surface area (Å²) in [6.07, 6.45) is 0.257. The number of nitrogens with zero attached hydrogens (tertiary/aromatic N) is 3. The lowest BCUT2D eigenvalue weighted by molar-refractivity contribution is 0.770. The summed E-state index contributed by atoms with van der Waals surface area (Å²) in [5, 5.41) is 10.3. The molecule has 2 aromatic carbocycles. The van der Waals surface area contributed by atoms with Gasteiger partial charge in [-0.25, -0.2) is 4.98 Å². The maximum Gasteiger partial charge on any atom is 0.124 e. The third-order valence-corrected chi connectivity index (χ3v) is 3.91. The van der Waals surface area contributed by atoms with Crippen molar-refractivity contribution in [2.45, 2.75) is 13.0 Å². The zero-order valence-electron chi connectivity index (χ0n) is 11.1. The summed E-state index contributed by atoms with van der Waals surface area (Å²) in [5.74, 6) is 0.731. The second-order valence-corrected chi connectivity index (χ2v) is 5.52. The Morgan fingerprint density at radius 2 is 1.95 bits per heavy atom. The van der Waals surface area contributed by atoms with Gasteiger partial charge in [-0.1, -0.05) is 35.3 Å². The number of aromatic nitrogens is 2.